The molecule has 0 aliphatic carbocycles. The van der Waals surface area contributed by atoms with Crippen LogP contribution in [-0.2, 0) is 13.2 Å². The van der Waals surface area contributed by atoms with Crippen molar-refractivity contribution < 1.29 is 4.74 Å². The lowest BCUT2D eigenvalue weighted by Gasteiger charge is -2.11. The van der Waals surface area contributed by atoms with Gasteiger partial charge in [0.1, 0.15) is 12.4 Å². The molecule has 0 heterocycles. The highest BCUT2D eigenvalue weighted by Crippen LogP contribution is 2.27. The van der Waals surface area contributed by atoms with Crippen LogP contribution in [-0.4, -0.2) is 7.05 Å². The zero-order chi connectivity index (χ0) is 15.2. The van der Waals surface area contributed by atoms with E-state index in [1.54, 1.807) is 0 Å². The zero-order valence-electron chi connectivity index (χ0n) is 12.8. The molecule has 0 atom stereocenters. The third-order valence-electron chi connectivity index (χ3n) is 3.42. The molecular weight excluding hydrogens is 326 g/mol. The summed E-state index contributed by atoms with van der Waals surface area (Å²) in [5, 5.41) is 3.14. The summed E-state index contributed by atoms with van der Waals surface area (Å²) >= 11 is 3.57. The molecular formula is C18H22BrNO. The number of benzene rings is 2. The molecule has 2 nitrogen and oxygen atoms in total. The summed E-state index contributed by atoms with van der Waals surface area (Å²) in [6.45, 7) is 5.85. The van der Waals surface area contributed by atoms with E-state index in [0.29, 0.717) is 12.5 Å². The third kappa shape index (κ3) is 4.58. The number of rotatable bonds is 6. The zero-order valence-corrected chi connectivity index (χ0v) is 14.4. The quantitative estimate of drug-likeness (QED) is 0.804. The maximum Gasteiger partial charge on any atom is 0.134 e. The molecule has 112 valence electrons. The van der Waals surface area contributed by atoms with Crippen molar-refractivity contribution in [2.75, 3.05) is 7.05 Å². The van der Waals surface area contributed by atoms with Gasteiger partial charge in [-0.25, -0.2) is 0 Å². The van der Waals surface area contributed by atoms with Crippen LogP contribution < -0.4 is 10.1 Å². The summed E-state index contributed by atoms with van der Waals surface area (Å²) in [4.78, 5) is 0. The Balaban J connectivity index is 1.99. The van der Waals surface area contributed by atoms with Crippen LogP contribution in [0.15, 0.2) is 46.9 Å². The molecule has 0 saturated heterocycles. The smallest absolute Gasteiger partial charge is 0.134 e. The Hall–Kier alpha value is -1.32. The molecule has 0 aliphatic heterocycles. The number of ether oxygens (including phenoxy) is 1. The van der Waals surface area contributed by atoms with Crippen molar-refractivity contribution >= 4 is 15.9 Å². The van der Waals surface area contributed by atoms with Gasteiger partial charge in [-0.3, -0.25) is 0 Å². The topological polar surface area (TPSA) is 21.3 Å². The monoisotopic (exact) mass is 347 g/mol. The van der Waals surface area contributed by atoms with Gasteiger partial charge in [-0.15, -0.1) is 0 Å². The predicted molar refractivity (Wildman–Crippen MR) is 91.8 cm³/mol. The molecule has 0 saturated carbocycles. The molecule has 0 unspecified atom stereocenters. The van der Waals surface area contributed by atoms with Crippen LogP contribution in [0.25, 0.3) is 0 Å². The van der Waals surface area contributed by atoms with Crippen LogP contribution in [0.1, 0.15) is 36.5 Å². The molecule has 0 aromatic heterocycles. The lowest BCUT2D eigenvalue weighted by Crippen LogP contribution is -2.05. The van der Waals surface area contributed by atoms with Crippen molar-refractivity contribution in [3.8, 4) is 5.75 Å². The average molecular weight is 348 g/mol. The number of hydrogen-bond donors (Lipinski definition) is 1. The first-order valence-corrected chi connectivity index (χ1v) is 8.04. The van der Waals surface area contributed by atoms with Crippen LogP contribution in [0.4, 0.5) is 0 Å². The summed E-state index contributed by atoms with van der Waals surface area (Å²) < 4.78 is 6.88. The molecule has 1 N–H and O–H groups in total. The summed E-state index contributed by atoms with van der Waals surface area (Å²) in [6, 6.07) is 14.8. The van der Waals surface area contributed by atoms with E-state index in [4.69, 9.17) is 4.74 Å². The van der Waals surface area contributed by atoms with Crippen molar-refractivity contribution in [3.63, 3.8) is 0 Å². The molecule has 2 rings (SSSR count). The third-order valence-corrected chi connectivity index (χ3v) is 4.04. The van der Waals surface area contributed by atoms with E-state index >= 15 is 0 Å². The standard InChI is InChI=1S/C18H22BrNO/c1-13(2)16-7-4-14(5-8-16)12-21-18-9-6-15(11-20-3)10-17(18)19/h4-10,13,20H,11-12H2,1-3H3. The highest BCUT2D eigenvalue weighted by atomic mass is 79.9. The van der Waals surface area contributed by atoms with Gasteiger partial charge in [0.2, 0.25) is 0 Å². The lowest BCUT2D eigenvalue weighted by molar-refractivity contribution is 0.304. The fourth-order valence-electron chi connectivity index (χ4n) is 2.14. The van der Waals surface area contributed by atoms with Gasteiger partial charge in [0.15, 0.2) is 0 Å². The van der Waals surface area contributed by atoms with Crippen LogP contribution in [0.5, 0.6) is 5.75 Å². The van der Waals surface area contributed by atoms with Gasteiger partial charge >= 0.3 is 0 Å². The first-order valence-electron chi connectivity index (χ1n) is 7.25. The Morgan fingerprint density at radius 2 is 1.71 bits per heavy atom. The van der Waals surface area contributed by atoms with Gasteiger partial charge in [0, 0.05) is 6.54 Å². The second kappa shape index (κ2) is 7.62. The number of halogens is 1. The van der Waals surface area contributed by atoms with Gasteiger partial charge in [0.25, 0.3) is 0 Å². The lowest BCUT2D eigenvalue weighted by atomic mass is 10.0. The summed E-state index contributed by atoms with van der Waals surface area (Å²) in [6.07, 6.45) is 0. The minimum Gasteiger partial charge on any atom is -0.488 e. The summed E-state index contributed by atoms with van der Waals surface area (Å²) in [7, 11) is 1.94. The normalized spacial score (nSPS) is 10.9. The average Bonchev–Trinajstić information content (AvgIpc) is 2.47. The Bertz CT molecular complexity index is 578. The van der Waals surface area contributed by atoms with Crippen molar-refractivity contribution in [1.29, 1.82) is 0 Å². The van der Waals surface area contributed by atoms with E-state index in [1.807, 2.05) is 13.1 Å². The Kier molecular flexibility index (Phi) is 5.83. The van der Waals surface area contributed by atoms with E-state index in [1.165, 1.54) is 16.7 Å². The van der Waals surface area contributed by atoms with Crippen LogP contribution in [0.3, 0.4) is 0 Å². The van der Waals surface area contributed by atoms with Crippen LogP contribution in [0.2, 0.25) is 0 Å². The largest absolute Gasteiger partial charge is 0.488 e. The summed E-state index contributed by atoms with van der Waals surface area (Å²) in [5.74, 6) is 1.44. The van der Waals surface area contributed by atoms with Gasteiger partial charge < -0.3 is 10.1 Å². The molecule has 2 aromatic rings. The molecule has 2 aromatic carbocycles. The van der Waals surface area contributed by atoms with Gasteiger partial charge in [0.05, 0.1) is 4.47 Å². The Morgan fingerprint density at radius 1 is 1.05 bits per heavy atom. The Morgan fingerprint density at radius 3 is 2.29 bits per heavy atom. The molecule has 0 spiro atoms. The second-order valence-electron chi connectivity index (χ2n) is 5.48. The Labute approximate surface area is 135 Å². The highest BCUT2D eigenvalue weighted by molar-refractivity contribution is 9.10. The minimum atomic E-state index is 0.564. The maximum atomic E-state index is 5.89. The SMILES string of the molecule is CNCc1ccc(OCc2ccc(C(C)C)cc2)c(Br)c1. The van der Waals surface area contributed by atoms with Gasteiger partial charge in [-0.2, -0.15) is 0 Å². The van der Waals surface area contributed by atoms with Gasteiger partial charge in [-0.1, -0.05) is 44.2 Å². The summed E-state index contributed by atoms with van der Waals surface area (Å²) in [5.41, 5.74) is 3.78. The minimum absolute atomic E-state index is 0.564. The molecule has 3 heteroatoms. The fourth-order valence-corrected chi connectivity index (χ4v) is 2.68. The number of hydrogen-bond acceptors (Lipinski definition) is 2. The second-order valence-corrected chi connectivity index (χ2v) is 6.33. The van der Waals surface area contributed by atoms with Gasteiger partial charge in [-0.05, 0) is 57.7 Å². The van der Waals surface area contributed by atoms with E-state index < -0.39 is 0 Å². The van der Waals surface area contributed by atoms with E-state index in [0.717, 1.165) is 16.8 Å². The van der Waals surface area contributed by atoms with Crippen molar-refractivity contribution in [1.82, 2.24) is 5.32 Å². The first kappa shape index (κ1) is 16.1. The molecule has 21 heavy (non-hydrogen) atoms. The molecule has 0 fully saturated rings. The van der Waals surface area contributed by atoms with Crippen molar-refractivity contribution in [3.05, 3.63) is 63.6 Å². The van der Waals surface area contributed by atoms with Crippen molar-refractivity contribution in [2.45, 2.75) is 32.9 Å². The molecule has 0 aliphatic rings. The first-order chi connectivity index (χ1) is 10.1. The molecule has 0 amide bonds. The fraction of sp³-hybridized carbons (Fsp3) is 0.333. The highest BCUT2D eigenvalue weighted by Gasteiger charge is 2.04. The van der Waals surface area contributed by atoms with E-state index in [9.17, 15) is 0 Å². The predicted octanol–water partition coefficient (Wildman–Crippen LogP) is 4.87. The number of nitrogens with one attached hydrogen (secondary N) is 1. The van der Waals surface area contributed by atoms with Crippen LogP contribution in [0, 0.1) is 0 Å². The van der Waals surface area contributed by atoms with E-state index in [-0.39, 0.29) is 0 Å². The molecule has 0 bridgehead atoms. The van der Waals surface area contributed by atoms with Crippen LogP contribution >= 0.6 is 15.9 Å². The van der Waals surface area contributed by atoms with Crippen molar-refractivity contribution in [2.24, 2.45) is 0 Å². The molecule has 0 radical (unpaired) electrons. The van der Waals surface area contributed by atoms with E-state index in [2.05, 4.69) is 71.5 Å². The maximum absolute atomic E-state index is 5.89.